The van der Waals surface area contributed by atoms with Crippen LogP contribution in [0.5, 0.6) is 0 Å². The molecule has 1 amide bonds. The van der Waals surface area contributed by atoms with Crippen LogP contribution < -0.4 is 5.84 Å². The van der Waals surface area contributed by atoms with Gasteiger partial charge in [0.15, 0.2) is 5.76 Å². The largest absolute Gasteiger partial charge is 0.461 e. The molecular weight excluding hydrogens is 350 g/mol. The second kappa shape index (κ2) is 8.09. The number of nitrogen functional groups attached to an aromatic ring is 1. The Morgan fingerprint density at radius 1 is 1.27 bits per heavy atom. The molecule has 0 bridgehead atoms. The number of rotatable bonds is 7. The summed E-state index contributed by atoms with van der Waals surface area (Å²) in [6.45, 7) is 5.03. The summed E-state index contributed by atoms with van der Waals surface area (Å²) in [6.07, 6.45) is 1.55. The first-order chi connectivity index (χ1) is 12.6. The first-order valence-electron chi connectivity index (χ1n) is 8.34. The SMILES string of the molecule is CCN(Cc1ccccc1)C(=O)C(C)Sc1nnc(-c2ccco2)n1N. The van der Waals surface area contributed by atoms with Crippen LogP contribution >= 0.6 is 11.8 Å². The molecule has 7 nitrogen and oxygen atoms in total. The minimum Gasteiger partial charge on any atom is -0.461 e. The molecule has 136 valence electrons. The molecule has 1 aromatic carbocycles. The average Bonchev–Trinajstić information content (AvgIpc) is 3.30. The fraction of sp³-hybridized carbons (Fsp3) is 0.278. The maximum atomic E-state index is 12.8. The summed E-state index contributed by atoms with van der Waals surface area (Å²) in [6, 6.07) is 13.4. The lowest BCUT2D eigenvalue weighted by Gasteiger charge is -2.24. The van der Waals surface area contributed by atoms with Gasteiger partial charge in [-0.3, -0.25) is 4.79 Å². The maximum absolute atomic E-state index is 12.8. The van der Waals surface area contributed by atoms with Crippen molar-refractivity contribution in [2.75, 3.05) is 12.4 Å². The quantitative estimate of drug-likeness (QED) is 0.507. The number of carbonyl (C=O) groups is 1. The average molecular weight is 371 g/mol. The molecule has 0 saturated heterocycles. The maximum Gasteiger partial charge on any atom is 0.236 e. The van der Waals surface area contributed by atoms with E-state index in [9.17, 15) is 4.79 Å². The van der Waals surface area contributed by atoms with Crippen molar-refractivity contribution in [1.82, 2.24) is 19.8 Å². The summed E-state index contributed by atoms with van der Waals surface area (Å²) in [7, 11) is 0. The predicted molar refractivity (Wildman–Crippen MR) is 101 cm³/mol. The van der Waals surface area contributed by atoms with Crippen LogP contribution in [0.25, 0.3) is 11.6 Å². The molecule has 1 atom stereocenters. The molecule has 0 aliphatic heterocycles. The van der Waals surface area contributed by atoms with Gasteiger partial charge in [0.2, 0.25) is 16.9 Å². The van der Waals surface area contributed by atoms with Crippen LogP contribution in [0.15, 0.2) is 58.3 Å². The summed E-state index contributed by atoms with van der Waals surface area (Å²) in [4.78, 5) is 14.6. The fourth-order valence-corrected chi connectivity index (χ4v) is 3.40. The van der Waals surface area contributed by atoms with Crippen molar-refractivity contribution in [1.29, 1.82) is 0 Å². The Labute approximate surface area is 156 Å². The van der Waals surface area contributed by atoms with Crippen LogP contribution in [-0.4, -0.2) is 37.5 Å². The van der Waals surface area contributed by atoms with E-state index in [1.165, 1.54) is 16.4 Å². The third-order valence-electron chi connectivity index (χ3n) is 3.95. The minimum absolute atomic E-state index is 0.0314. The summed E-state index contributed by atoms with van der Waals surface area (Å²) in [5.74, 6) is 7.05. The van der Waals surface area contributed by atoms with Crippen molar-refractivity contribution in [2.24, 2.45) is 0 Å². The molecule has 0 radical (unpaired) electrons. The Balaban J connectivity index is 1.69. The highest BCUT2D eigenvalue weighted by Gasteiger charge is 2.24. The predicted octanol–water partition coefficient (Wildman–Crippen LogP) is 2.78. The number of benzene rings is 1. The molecule has 3 rings (SSSR count). The van der Waals surface area contributed by atoms with E-state index in [4.69, 9.17) is 10.3 Å². The number of amides is 1. The molecule has 1 unspecified atom stereocenters. The van der Waals surface area contributed by atoms with Gasteiger partial charge in [0, 0.05) is 13.1 Å². The highest BCUT2D eigenvalue weighted by atomic mass is 32.2. The number of hydrogen-bond acceptors (Lipinski definition) is 6. The third-order valence-corrected chi connectivity index (χ3v) is 4.99. The van der Waals surface area contributed by atoms with Gasteiger partial charge in [-0.05, 0) is 31.5 Å². The number of furan rings is 1. The second-order valence-electron chi connectivity index (χ2n) is 5.75. The van der Waals surface area contributed by atoms with E-state index in [1.807, 2.05) is 49.1 Å². The van der Waals surface area contributed by atoms with Crippen LogP contribution in [0, 0.1) is 0 Å². The van der Waals surface area contributed by atoms with Gasteiger partial charge < -0.3 is 15.2 Å². The van der Waals surface area contributed by atoms with E-state index in [1.54, 1.807) is 18.4 Å². The van der Waals surface area contributed by atoms with E-state index in [-0.39, 0.29) is 11.2 Å². The molecule has 0 spiro atoms. The lowest BCUT2D eigenvalue weighted by molar-refractivity contribution is -0.130. The van der Waals surface area contributed by atoms with Crippen molar-refractivity contribution >= 4 is 17.7 Å². The van der Waals surface area contributed by atoms with E-state index in [0.717, 1.165) is 5.56 Å². The number of carbonyl (C=O) groups excluding carboxylic acids is 1. The molecule has 0 aliphatic rings. The minimum atomic E-state index is -0.338. The number of thioether (sulfide) groups is 1. The summed E-state index contributed by atoms with van der Waals surface area (Å²) in [5, 5.41) is 8.26. The van der Waals surface area contributed by atoms with E-state index < -0.39 is 0 Å². The first kappa shape index (κ1) is 18.1. The topological polar surface area (TPSA) is 90.2 Å². The van der Waals surface area contributed by atoms with Gasteiger partial charge in [-0.15, -0.1) is 10.2 Å². The molecule has 2 N–H and O–H groups in total. The molecule has 0 fully saturated rings. The second-order valence-corrected chi connectivity index (χ2v) is 7.06. The van der Waals surface area contributed by atoms with E-state index >= 15 is 0 Å². The van der Waals surface area contributed by atoms with Crippen LogP contribution in [0.1, 0.15) is 19.4 Å². The van der Waals surface area contributed by atoms with Crippen molar-refractivity contribution in [3.8, 4) is 11.6 Å². The van der Waals surface area contributed by atoms with Crippen molar-refractivity contribution in [2.45, 2.75) is 30.8 Å². The zero-order valence-electron chi connectivity index (χ0n) is 14.7. The Morgan fingerprint density at radius 3 is 2.69 bits per heavy atom. The lowest BCUT2D eigenvalue weighted by Crippen LogP contribution is -2.36. The number of nitrogens with zero attached hydrogens (tertiary/aromatic N) is 4. The zero-order chi connectivity index (χ0) is 18.5. The Morgan fingerprint density at radius 2 is 2.04 bits per heavy atom. The Bertz CT molecular complexity index is 848. The van der Waals surface area contributed by atoms with Gasteiger partial charge in [0.25, 0.3) is 0 Å². The van der Waals surface area contributed by atoms with Crippen LogP contribution in [0.3, 0.4) is 0 Å². The fourth-order valence-electron chi connectivity index (χ4n) is 2.55. The standard InChI is InChI=1S/C18H21N5O2S/c1-3-22(12-14-8-5-4-6-9-14)17(24)13(2)26-18-21-20-16(23(18)19)15-10-7-11-25-15/h4-11,13H,3,12,19H2,1-2H3. The number of nitrogens with two attached hydrogens (primary N) is 1. The van der Waals surface area contributed by atoms with Crippen molar-refractivity contribution in [3.63, 3.8) is 0 Å². The summed E-state index contributed by atoms with van der Waals surface area (Å²) < 4.78 is 6.65. The smallest absolute Gasteiger partial charge is 0.236 e. The van der Waals surface area contributed by atoms with Crippen molar-refractivity contribution < 1.29 is 9.21 Å². The normalized spacial score (nSPS) is 12.1. The highest BCUT2D eigenvalue weighted by molar-refractivity contribution is 8.00. The van der Waals surface area contributed by atoms with Gasteiger partial charge in [-0.2, -0.15) is 0 Å². The summed E-state index contributed by atoms with van der Waals surface area (Å²) in [5.41, 5.74) is 1.10. The molecule has 8 heteroatoms. The Kier molecular flexibility index (Phi) is 5.62. The van der Waals surface area contributed by atoms with Gasteiger partial charge in [0.1, 0.15) is 0 Å². The molecular formula is C18H21N5O2S. The number of hydrogen-bond donors (Lipinski definition) is 1. The lowest BCUT2D eigenvalue weighted by atomic mass is 10.2. The Hall–Kier alpha value is -2.74. The van der Waals surface area contributed by atoms with Crippen molar-refractivity contribution in [3.05, 3.63) is 54.3 Å². The van der Waals surface area contributed by atoms with Gasteiger partial charge >= 0.3 is 0 Å². The van der Waals surface area contributed by atoms with Gasteiger partial charge in [0.05, 0.1) is 11.5 Å². The van der Waals surface area contributed by atoms with E-state index in [2.05, 4.69) is 10.2 Å². The molecule has 0 saturated carbocycles. The van der Waals surface area contributed by atoms with Gasteiger partial charge in [-0.1, -0.05) is 42.1 Å². The highest BCUT2D eigenvalue weighted by Crippen LogP contribution is 2.26. The van der Waals surface area contributed by atoms with Gasteiger partial charge in [-0.25, -0.2) is 4.68 Å². The first-order valence-corrected chi connectivity index (χ1v) is 9.21. The monoisotopic (exact) mass is 371 g/mol. The van der Waals surface area contributed by atoms with Crippen LogP contribution in [0.2, 0.25) is 0 Å². The molecule has 2 heterocycles. The summed E-state index contributed by atoms with van der Waals surface area (Å²) >= 11 is 1.28. The van der Waals surface area contributed by atoms with Crippen LogP contribution in [-0.2, 0) is 11.3 Å². The van der Waals surface area contributed by atoms with E-state index in [0.29, 0.717) is 29.8 Å². The zero-order valence-corrected chi connectivity index (χ0v) is 15.5. The van der Waals surface area contributed by atoms with Crippen LogP contribution in [0.4, 0.5) is 0 Å². The number of aromatic nitrogens is 3. The third kappa shape index (κ3) is 3.91. The molecule has 26 heavy (non-hydrogen) atoms. The molecule has 3 aromatic rings. The molecule has 2 aromatic heterocycles. The molecule has 0 aliphatic carbocycles.